The van der Waals surface area contributed by atoms with Crippen LogP contribution in [0.3, 0.4) is 0 Å². The molecule has 0 unspecified atom stereocenters. The molecule has 0 atom stereocenters. The number of carbonyl (C=O) groups is 2. The Morgan fingerprint density at radius 1 is 1.02 bits per heavy atom. The fourth-order valence-corrected chi connectivity index (χ4v) is 7.65. The zero-order valence-corrected chi connectivity index (χ0v) is 28.2. The number of halogens is 1. The third-order valence-corrected chi connectivity index (χ3v) is 9.81. The summed E-state index contributed by atoms with van der Waals surface area (Å²) in [6.45, 7) is 17.2. The summed E-state index contributed by atoms with van der Waals surface area (Å²) in [6, 6.07) is 14.8. The van der Waals surface area contributed by atoms with Crippen molar-refractivity contribution in [1.29, 1.82) is 5.26 Å². The average Bonchev–Trinajstić information content (AvgIpc) is 2.98. The summed E-state index contributed by atoms with van der Waals surface area (Å²) in [5.41, 5.74) is 0.486. The third-order valence-electron chi connectivity index (χ3n) is 9.50. The average molecular weight is 637 g/mol. The van der Waals surface area contributed by atoms with Crippen LogP contribution in [-0.2, 0) is 9.47 Å². The molecule has 9 nitrogen and oxygen atoms in total. The number of nitrogens with one attached hydrogen (secondary N) is 1. The van der Waals surface area contributed by atoms with Crippen LogP contribution in [0.15, 0.2) is 42.5 Å². The summed E-state index contributed by atoms with van der Waals surface area (Å²) < 4.78 is 18.2. The highest BCUT2D eigenvalue weighted by Gasteiger charge is 2.64. The van der Waals surface area contributed by atoms with E-state index in [1.807, 2.05) is 45.0 Å². The zero-order valence-electron chi connectivity index (χ0n) is 27.4. The quantitative estimate of drug-likeness (QED) is 0.403. The number of carbonyl (C=O) groups excluding carboxylic acids is 2. The molecule has 5 rings (SSSR count). The fourth-order valence-electron chi connectivity index (χ4n) is 7.44. The van der Waals surface area contributed by atoms with Gasteiger partial charge in [-0.1, -0.05) is 39.3 Å². The minimum atomic E-state index is -0.529. The van der Waals surface area contributed by atoms with Crippen LogP contribution in [0.4, 0.5) is 10.5 Å². The Bertz CT molecular complexity index is 1450. The number of amides is 2. The molecule has 2 amide bonds. The van der Waals surface area contributed by atoms with Gasteiger partial charge in [-0.3, -0.25) is 4.79 Å². The number of morpholine rings is 1. The van der Waals surface area contributed by atoms with Crippen LogP contribution in [0.2, 0.25) is 5.02 Å². The van der Waals surface area contributed by atoms with Crippen molar-refractivity contribution in [3.63, 3.8) is 0 Å². The van der Waals surface area contributed by atoms with E-state index < -0.39 is 5.60 Å². The summed E-state index contributed by atoms with van der Waals surface area (Å²) in [6.07, 6.45) is 1.15. The topological polar surface area (TPSA) is 104 Å². The first-order valence-electron chi connectivity index (χ1n) is 15.7. The van der Waals surface area contributed by atoms with Crippen LogP contribution in [0.1, 0.15) is 77.2 Å². The van der Waals surface area contributed by atoms with Crippen molar-refractivity contribution in [3.05, 3.63) is 58.6 Å². The number of piperidine rings is 1. The van der Waals surface area contributed by atoms with Gasteiger partial charge in [0, 0.05) is 53.8 Å². The Balaban J connectivity index is 1.16. The SMILES string of the molecule is CC(C)(C)OC(=O)N1CCOC2(CCN(c3ccc(C(=O)NC4C(C)(C)C(Oc5ccc(C#N)c(Cl)c5)C4(C)C)cc3)CC2)C1. The van der Waals surface area contributed by atoms with Gasteiger partial charge < -0.3 is 29.3 Å². The van der Waals surface area contributed by atoms with Crippen LogP contribution >= 0.6 is 11.6 Å². The van der Waals surface area contributed by atoms with Crippen molar-refractivity contribution in [2.24, 2.45) is 10.8 Å². The largest absolute Gasteiger partial charge is 0.489 e. The molecule has 2 aromatic rings. The molecule has 1 saturated carbocycles. The molecule has 3 aliphatic rings. The van der Waals surface area contributed by atoms with E-state index >= 15 is 0 Å². The van der Waals surface area contributed by atoms with Gasteiger partial charge in [0.1, 0.15) is 23.5 Å². The second-order valence-electron chi connectivity index (χ2n) is 14.8. The first-order chi connectivity index (χ1) is 21.0. The Kier molecular flexibility index (Phi) is 8.80. The molecule has 1 aliphatic carbocycles. The number of benzene rings is 2. The van der Waals surface area contributed by atoms with Crippen molar-refractivity contribution in [3.8, 4) is 11.8 Å². The second-order valence-corrected chi connectivity index (χ2v) is 15.2. The lowest BCUT2D eigenvalue weighted by Gasteiger charge is -2.63. The molecule has 45 heavy (non-hydrogen) atoms. The molecular formula is C35H45ClN4O5. The first-order valence-corrected chi connectivity index (χ1v) is 16.1. The smallest absolute Gasteiger partial charge is 0.410 e. The fraction of sp³-hybridized carbons (Fsp3) is 0.571. The van der Waals surface area contributed by atoms with Gasteiger partial charge in [0.25, 0.3) is 5.91 Å². The Morgan fingerprint density at radius 3 is 2.24 bits per heavy atom. The number of hydrogen-bond acceptors (Lipinski definition) is 7. The lowest BCUT2D eigenvalue weighted by atomic mass is 9.49. The molecule has 10 heteroatoms. The summed E-state index contributed by atoms with van der Waals surface area (Å²) in [7, 11) is 0. The molecule has 242 valence electrons. The van der Waals surface area contributed by atoms with Crippen LogP contribution < -0.4 is 15.0 Å². The first kappa shape index (κ1) is 32.9. The normalized spacial score (nSPS) is 23.4. The molecule has 0 aromatic heterocycles. The minimum Gasteiger partial charge on any atom is -0.489 e. The van der Waals surface area contributed by atoms with Gasteiger partial charge in [0.15, 0.2) is 0 Å². The van der Waals surface area contributed by atoms with Crippen LogP contribution in [0, 0.1) is 22.2 Å². The Hall–Kier alpha value is -3.48. The molecule has 0 radical (unpaired) electrons. The third kappa shape index (κ3) is 6.73. The monoisotopic (exact) mass is 636 g/mol. The van der Waals surface area contributed by atoms with Crippen LogP contribution in [0.25, 0.3) is 0 Å². The van der Waals surface area contributed by atoms with E-state index in [0.29, 0.717) is 41.6 Å². The van der Waals surface area contributed by atoms with Gasteiger partial charge >= 0.3 is 6.09 Å². The minimum absolute atomic E-state index is 0.120. The molecule has 2 aromatic carbocycles. The van der Waals surface area contributed by atoms with Crippen molar-refractivity contribution < 1.29 is 23.8 Å². The van der Waals surface area contributed by atoms with Gasteiger partial charge in [-0.25, -0.2) is 4.79 Å². The van der Waals surface area contributed by atoms with Crippen LogP contribution in [-0.4, -0.2) is 73.0 Å². The van der Waals surface area contributed by atoms with Gasteiger partial charge in [0.05, 0.1) is 29.3 Å². The number of ether oxygens (including phenoxy) is 3. The predicted octanol–water partition coefficient (Wildman–Crippen LogP) is 6.43. The van der Waals surface area contributed by atoms with Crippen LogP contribution in [0.5, 0.6) is 5.75 Å². The summed E-state index contributed by atoms with van der Waals surface area (Å²) >= 11 is 6.22. The van der Waals surface area contributed by atoms with E-state index in [1.54, 1.807) is 23.1 Å². The maximum Gasteiger partial charge on any atom is 0.410 e. The number of rotatable bonds is 5. The van der Waals surface area contributed by atoms with Crippen molar-refractivity contribution in [2.75, 3.05) is 37.7 Å². The second kappa shape index (κ2) is 12.0. The number of nitriles is 1. The summed E-state index contributed by atoms with van der Waals surface area (Å²) in [4.78, 5) is 30.2. The molecule has 1 N–H and O–H groups in total. The van der Waals surface area contributed by atoms with E-state index in [2.05, 4.69) is 44.0 Å². The molecule has 2 saturated heterocycles. The standard InChI is InChI=1S/C35H45ClN4O5/c1-32(2,3)45-31(42)40-18-19-43-35(22-40)14-16-39(17-15-35)25-11-8-23(9-12-25)28(41)38-29-33(4,5)30(34(29,6)7)44-26-13-10-24(21-37)27(36)20-26/h8-13,20,29-30H,14-19,22H2,1-7H3,(H,38,41). The number of anilines is 1. The highest BCUT2D eigenvalue weighted by atomic mass is 35.5. The van der Waals surface area contributed by atoms with E-state index in [0.717, 1.165) is 31.6 Å². The molecular weight excluding hydrogens is 592 g/mol. The van der Waals surface area contributed by atoms with E-state index in [4.69, 9.17) is 31.1 Å². The molecule has 2 aliphatic heterocycles. The maximum absolute atomic E-state index is 13.4. The number of hydrogen-bond donors (Lipinski definition) is 1. The maximum atomic E-state index is 13.4. The Morgan fingerprint density at radius 2 is 1.67 bits per heavy atom. The zero-order chi connectivity index (χ0) is 32.8. The lowest BCUT2D eigenvalue weighted by molar-refractivity contribution is -0.164. The van der Waals surface area contributed by atoms with Gasteiger partial charge in [0.2, 0.25) is 0 Å². The van der Waals surface area contributed by atoms with E-state index in [-0.39, 0.29) is 40.6 Å². The molecule has 2 heterocycles. The predicted molar refractivity (Wildman–Crippen MR) is 174 cm³/mol. The lowest BCUT2D eigenvalue weighted by Crippen LogP contribution is -2.74. The van der Waals surface area contributed by atoms with Crippen molar-refractivity contribution in [1.82, 2.24) is 10.2 Å². The Labute approximate surface area is 271 Å². The number of nitrogens with zero attached hydrogens (tertiary/aromatic N) is 3. The van der Waals surface area contributed by atoms with E-state index in [1.165, 1.54) is 0 Å². The molecule has 0 bridgehead atoms. The summed E-state index contributed by atoms with van der Waals surface area (Å²) in [5, 5.41) is 12.8. The van der Waals surface area contributed by atoms with E-state index in [9.17, 15) is 9.59 Å². The van der Waals surface area contributed by atoms with Crippen molar-refractivity contribution >= 4 is 29.3 Å². The van der Waals surface area contributed by atoms with Gasteiger partial charge in [-0.05, 0) is 70.0 Å². The highest BCUT2D eigenvalue weighted by molar-refractivity contribution is 6.31. The summed E-state index contributed by atoms with van der Waals surface area (Å²) in [5.74, 6) is 0.479. The van der Waals surface area contributed by atoms with Gasteiger partial charge in [-0.15, -0.1) is 0 Å². The highest BCUT2D eigenvalue weighted by Crippen LogP contribution is 2.55. The molecule has 1 spiro atoms. The molecule has 3 fully saturated rings. The van der Waals surface area contributed by atoms with Crippen molar-refractivity contribution in [2.45, 2.75) is 84.7 Å². The van der Waals surface area contributed by atoms with Gasteiger partial charge in [-0.2, -0.15) is 5.26 Å².